The zero-order valence-electron chi connectivity index (χ0n) is 19.5. The summed E-state index contributed by atoms with van der Waals surface area (Å²) in [6.45, 7) is 6.81. The third-order valence-corrected chi connectivity index (χ3v) is 6.61. The van der Waals surface area contributed by atoms with E-state index in [1.807, 2.05) is 24.3 Å². The van der Waals surface area contributed by atoms with Gasteiger partial charge in [-0.1, -0.05) is 82.5 Å². The Hall–Kier alpha value is -2.35. The highest BCUT2D eigenvalue weighted by Crippen LogP contribution is 2.34. The van der Waals surface area contributed by atoms with Crippen LogP contribution in [0.2, 0.25) is 0 Å². The van der Waals surface area contributed by atoms with Crippen molar-refractivity contribution >= 4 is 11.5 Å². The summed E-state index contributed by atoms with van der Waals surface area (Å²) in [7, 11) is 0. The zero-order valence-corrected chi connectivity index (χ0v) is 19.5. The maximum atomic E-state index is 11.9. The summed E-state index contributed by atoms with van der Waals surface area (Å²) in [5.74, 6) is 2.19. The van der Waals surface area contributed by atoms with Gasteiger partial charge in [0.1, 0.15) is 5.75 Å². The second-order valence-corrected chi connectivity index (χ2v) is 9.15. The summed E-state index contributed by atoms with van der Waals surface area (Å²) in [5.41, 5.74) is 5.18. The molecule has 0 radical (unpaired) electrons. The zero-order chi connectivity index (χ0) is 22.1. The van der Waals surface area contributed by atoms with E-state index in [0.717, 1.165) is 36.7 Å². The normalized spacial score (nSPS) is 17.1. The topological polar surface area (TPSA) is 26.3 Å². The second-order valence-electron chi connectivity index (χ2n) is 9.15. The van der Waals surface area contributed by atoms with Crippen LogP contribution in [-0.2, 0) is 4.79 Å². The molecule has 2 aromatic carbocycles. The summed E-state index contributed by atoms with van der Waals surface area (Å²) in [4.78, 5) is 11.9. The first-order valence-electron chi connectivity index (χ1n) is 12.2. The molecule has 2 nitrogen and oxygen atoms in total. The maximum Gasteiger partial charge on any atom is 0.311 e. The average molecular weight is 419 g/mol. The number of unbranched alkanes of at least 4 members (excludes halogenated alkanes) is 2. The van der Waals surface area contributed by atoms with E-state index < -0.39 is 0 Å². The van der Waals surface area contributed by atoms with Crippen LogP contribution in [0.3, 0.4) is 0 Å². The molecule has 0 saturated heterocycles. The number of hydrogen-bond acceptors (Lipinski definition) is 2. The van der Waals surface area contributed by atoms with Gasteiger partial charge in [0.05, 0.1) is 0 Å². The van der Waals surface area contributed by atoms with Crippen molar-refractivity contribution in [2.24, 2.45) is 11.8 Å². The van der Waals surface area contributed by atoms with E-state index in [0.29, 0.717) is 12.2 Å². The summed E-state index contributed by atoms with van der Waals surface area (Å²) in [5, 5.41) is 0. The van der Waals surface area contributed by atoms with E-state index >= 15 is 0 Å². The van der Waals surface area contributed by atoms with Crippen LogP contribution >= 0.6 is 0 Å². The fourth-order valence-corrected chi connectivity index (χ4v) is 4.39. The highest BCUT2D eigenvalue weighted by atomic mass is 16.5. The first kappa shape index (κ1) is 23.3. The predicted octanol–water partition coefficient (Wildman–Crippen LogP) is 8.46. The Bertz CT molecular complexity index is 845. The van der Waals surface area contributed by atoms with Gasteiger partial charge in [0, 0.05) is 6.42 Å². The maximum absolute atomic E-state index is 11.9. The van der Waals surface area contributed by atoms with Crippen molar-refractivity contribution in [1.29, 1.82) is 0 Å². The summed E-state index contributed by atoms with van der Waals surface area (Å²) in [6, 6.07) is 16.7. The molecule has 3 rings (SSSR count). The van der Waals surface area contributed by atoms with E-state index in [-0.39, 0.29) is 5.97 Å². The number of esters is 1. The standard InChI is InChI=1S/C29H38O2/c1-4-6-7-8-29(30)31-28-19-17-27(18-20-28)26-15-13-25(14-16-26)24-11-9-23(10-12-24)21-22(3)5-2/h11,13-20,22-23H,4-10,12,21H2,1-3H3. The monoisotopic (exact) mass is 418 g/mol. The van der Waals surface area contributed by atoms with E-state index in [1.165, 1.54) is 48.8 Å². The van der Waals surface area contributed by atoms with Crippen molar-refractivity contribution in [3.05, 3.63) is 60.2 Å². The fourth-order valence-electron chi connectivity index (χ4n) is 4.39. The van der Waals surface area contributed by atoms with Gasteiger partial charge < -0.3 is 4.74 Å². The molecule has 166 valence electrons. The highest BCUT2D eigenvalue weighted by Gasteiger charge is 2.17. The quantitative estimate of drug-likeness (QED) is 0.220. The molecule has 0 aliphatic heterocycles. The summed E-state index contributed by atoms with van der Waals surface area (Å²) >= 11 is 0. The number of allylic oxidation sites excluding steroid dienone is 2. The Morgan fingerprint density at radius 1 is 0.968 bits per heavy atom. The first-order valence-corrected chi connectivity index (χ1v) is 12.2. The first-order chi connectivity index (χ1) is 15.1. The van der Waals surface area contributed by atoms with Gasteiger partial charge >= 0.3 is 5.97 Å². The van der Waals surface area contributed by atoms with Crippen LogP contribution in [0.5, 0.6) is 5.75 Å². The Kier molecular flexibility index (Phi) is 8.94. The second kappa shape index (κ2) is 11.9. The number of hydrogen-bond donors (Lipinski definition) is 0. The van der Waals surface area contributed by atoms with E-state index in [9.17, 15) is 4.79 Å². The molecule has 2 aromatic rings. The minimum absolute atomic E-state index is 0.141. The van der Waals surface area contributed by atoms with E-state index in [1.54, 1.807) is 0 Å². The Labute approximate surface area is 188 Å². The summed E-state index contributed by atoms with van der Waals surface area (Å²) < 4.78 is 5.44. The molecule has 0 N–H and O–H groups in total. The van der Waals surface area contributed by atoms with E-state index in [2.05, 4.69) is 51.1 Å². The molecule has 0 heterocycles. The lowest BCUT2D eigenvalue weighted by atomic mass is 9.81. The number of carbonyl (C=O) groups excluding carboxylic acids is 1. The Balaban J connectivity index is 1.56. The van der Waals surface area contributed by atoms with Gasteiger partial charge in [-0.3, -0.25) is 4.79 Å². The third-order valence-electron chi connectivity index (χ3n) is 6.61. The van der Waals surface area contributed by atoms with Crippen LogP contribution in [0.25, 0.3) is 16.7 Å². The SMILES string of the molecule is CCCCCC(=O)Oc1ccc(-c2ccc(C3=CCC(CC(C)CC)CC3)cc2)cc1. The molecule has 1 aliphatic carbocycles. The molecule has 2 heteroatoms. The predicted molar refractivity (Wildman–Crippen MR) is 131 cm³/mol. The Morgan fingerprint density at radius 3 is 2.19 bits per heavy atom. The van der Waals surface area contributed by atoms with Crippen LogP contribution < -0.4 is 4.74 Å². The fraction of sp³-hybridized carbons (Fsp3) is 0.483. The molecule has 0 amide bonds. The largest absolute Gasteiger partial charge is 0.427 e. The molecule has 0 saturated carbocycles. The van der Waals surface area contributed by atoms with Crippen molar-refractivity contribution < 1.29 is 9.53 Å². The molecular formula is C29H38O2. The van der Waals surface area contributed by atoms with Crippen molar-refractivity contribution in [3.63, 3.8) is 0 Å². The van der Waals surface area contributed by atoms with Crippen molar-refractivity contribution in [2.75, 3.05) is 0 Å². The number of benzene rings is 2. The molecule has 2 unspecified atom stereocenters. The van der Waals surface area contributed by atoms with Crippen LogP contribution in [0.4, 0.5) is 0 Å². The molecule has 0 bridgehead atoms. The molecule has 1 aliphatic rings. The third kappa shape index (κ3) is 7.09. The molecule has 0 fully saturated rings. The van der Waals surface area contributed by atoms with Gasteiger partial charge in [-0.2, -0.15) is 0 Å². The van der Waals surface area contributed by atoms with Gasteiger partial charge in [0.25, 0.3) is 0 Å². The molecule has 2 atom stereocenters. The van der Waals surface area contributed by atoms with Gasteiger partial charge in [-0.15, -0.1) is 0 Å². The lowest BCUT2D eigenvalue weighted by Gasteiger charge is -2.24. The van der Waals surface area contributed by atoms with Crippen LogP contribution in [0.15, 0.2) is 54.6 Å². The smallest absolute Gasteiger partial charge is 0.311 e. The Morgan fingerprint density at radius 2 is 1.61 bits per heavy atom. The number of carbonyl (C=O) groups is 1. The number of rotatable bonds is 10. The van der Waals surface area contributed by atoms with Crippen molar-refractivity contribution in [1.82, 2.24) is 0 Å². The minimum Gasteiger partial charge on any atom is -0.427 e. The number of ether oxygens (including phenoxy) is 1. The van der Waals surface area contributed by atoms with Gasteiger partial charge in [-0.25, -0.2) is 0 Å². The molecular weight excluding hydrogens is 380 g/mol. The lowest BCUT2D eigenvalue weighted by Crippen LogP contribution is -2.09. The molecule has 0 aromatic heterocycles. The molecule has 31 heavy (non-hydrogen) atoms. The van der Waals surface area contributed by atoms with E-state index in [4.69, 9.17) is 4.74 Å². The van der Waals surface area contributed by atoms with Crippen LogP contribution in [0, 0.1) is 11.8 Å². The van der Waals surface area contributed by atoms with Crippen molar-refractivity contribution in [3.8, 4) is 16.9 Å². The van der Waals surface area contributed by atoms with Gasteiger partial charge in [0.2, 0.25) is 0 Å². The highest BCUT2D eigenvalue weighted by molar-refractivity contribution is 5.74. The molecule has 0 spiro atoms. The summed E-state index contributed by atoms with van der Waals surface area (Å²) in [6.07, 6.45) is 12.4. The van der Waals surface area contributed by atoms with Crippen molar-refractivity contribution in [2.45, 2.75) is 78.6 Å². The van der Waals surface area contributed by atoms with Gasteiger partial charge in [-0.05, 0) is 78.3 Å². The van der Waals surface area contributed by atoms with Crippen LogP contribution in [0.1, 0.15) is 84.1 Å². The van der Waals surface area contributed by atoms with Crippen LogP contribution in [-0.4, -0.2) is 5.97 Å². The minimum atomic E-state index is -0.141. The van der Waals surface area contributed by atoms with Gasteiger partial charge in [0.15, 0.2) is 0 Å². The average Bonchev–Trinajstić information content (AvgIpc) is 2.80. The lowest BCUT2D eigenvalue weighted by molar-refractivity contribution is -0.134.